The summed E-state index contributed by atoms with van der Waals surface area (Å²) in [5.74, 6) is 0.825. The van der Waals surface area contributed by atoms with Crippen molar-refractivity contribution >= 4 is 52.9 Å². The van der Waals surface area contributed by atoms with Gasteiger partial charge in [0, 0.05) is 42.7 Å². The van der Waals surface area contributed by atoms with Crippen LogP contribution in [0.15, 0.2) is 35.5 Å². The summed E-state index contributed by atoms with van der Waals surface area (Å²) < 4.78 is 0. The number of halogens is 2. The molecule has 0 saturated heterocycles. The van der Waals surface area contributed by atoms with Crippen molar-refractivity contribution in [3.8, 4) is 0 Å². The zero-order valence-corrected chi connectivity index (χ0v) is 17.9. The van der Waals surface area contributed by atoms with Crippen molar-refractivity contribution in [3.63, 3.8) is 0 Å². The fourth-order valence-electron chi connectivity index (χ4n) is 2.11. The second-order valence-corrected chi connectivity index (χ2v) is 6.76. The highest BCUT2D eigenvalue weighted by atomic mass is 127. The summed E-state index contributed by atoms with van der Waals surface area (Å²) in [5, 5.41) is 8.59. The molecule has 0 atom stereocenters. The Morgan fingerprint density at radius 1 is 1.17 bits per heavy atom. The lowest BCUT2D eigenvalue weighted by Gasteiger charge is -2.11. The van der Waals surface area contributed by atoms with Gasteiger partial charge in [-0.05, 0) is 30.5 Å². The molecular weight excluding hydrogens is 455 g/mol. The second kappa shape index (κ2) is 11.7. The molecule has 0 bridgehead atoms. The molecular formula is C17H24ClIN4S. The van der Waals surface area contributed by atoms with E-state index in [0.717, 1.165) is 43.3 Å². The summed E-state index contributed by atoms with van der Waals surface area (Å²) in [6, 6.07) is 7.94. The van der Waals surface area contributed by atoms with E-state index in [1.54, 1.807) is 18.4 Å². The maximum Gasteiger partial charge on any atom is 0.191 e. The first-order chi connectivity index (χ1) is 11.2. The molecule has 1 aromatic carbocycles. The van der Waals surface area contributed by atoms with Gasteiger partial charge >= 0.3 is 0 Å². The number of nitrogens with zero attached hydrogens (tertiary/aromatic N) is 2. The van der Waals surface area contributed by atoms with Crippen molar-refractivity contribution in [1.29, 1.82) is 0 Å². The highest BCUT2D eigenvalue weighted by Crippen LogP contribution is 2.13. The first-order valence-corrected chi connectivity index (χ1v) is 9.03. The summed E-state index contributed by atoms with van der Waals surface area (Å²) >= 11 is 7.67. The monoisotopic (exact) mass is 478 g/mol. The molecule has 4 nitrogen and oxygen atoms in total. The molecule has 0 saturated carbocycles. The zero-order valence-electron chi connectivity index (χ0n) is 14.0. The molecule has 0 aliphatic carbocycles. The standard InChI is InChI=1S/C17H23ClN4S.HI/c1-3-15-12-22-16(23-15)9-11-21-17(19-2)20-10-8-13-4-6-14(18)7-5-13;/h4-7,12H,3,8-11H2,1-2H3,(H2,19,20,21);1H. The van der Waals surface area contributed by atoms with E-state index in [1.807, 2.05) is 30.5 Å². The lowest BCUT2D eigenvalue weighted by Crippen LogP contribution is -2.39. The molecule has 0 unspecified atom stereocenters. The number of nitrogens with one attached hydrogen (secondary N) is 2. The van der Waals surface area contributed by atoms with Crippen molar-refractivity contribution in [1.82, 2.24) is 15.6 Å². The first kappa shape index (κ1) is 21.2. The van der Waals surface area contributed by atoms with Crippen LogP contribution in [0.1, 0.15) is 22.4 Å². The molecule has 0 fully saturated rings. The van der Waals surface area contributed by atoms with Gasteiger partial charge in [-0.2, -0.15) is 0 Å². The van der Waals surface area contributed by atoms with Gasteiger partial charge in [-0.15, -0.1) is 35.3 Å². The van der Waals surface area contributed by atoms with Crippen LogP contribution >= 0.6 is 46.9 Å². The number of benzene rings is 1. The summed E-state index contributed by atoms with van der Waals surface area (Å²) in [4.78, 5) is 10.0. The summed E-state index contributed by atoms with van der Waals surface area (Å²) in [6.07, 6.45) is 4.88. The second-order valence-electron chi connectivity index (χ2n) is 5.13. The molecule has 0 spiro atoms. The highest BCUT2D eigenvalue weighted by molar-refractivity contribution is 14.0. The highest BCUT2D eigenvalue weighted by Gasteiger charge is 2.02. The number of hydrogen-bond donors (Lipinski definition) is 2. The third-order valence-corrected chi connectivity index (χ3v) is 4.88. The molecule has 24 heavy (non-hydrogen) atoms. The largest absolute Gasteiger partial charge is 0.356 e. The predicted octanol–water partition coefficient (Wildman–Crippen LogP) is 3.93. The van der Waals surface area contributed by atoms with Crippen molar-refractivity contribution in [2.24, 2.45) is 4.99 Å². The number of aryl methyl sites for hydroxylation is 1. The molecule has 0 aliphatic heterocycles. The van der Waals surface area contributed by atoms with E-state index in [0.29, 0.717) is 0 Å². The Bertz CT molecular complexity index is 628. The van der Waals surface area contributed by atoms with Crippen LogP contribution < -0.4 is 10.6 Å². The minimum atomic E-state index is 0. The van der Waals surface area contributed by atoms with Crippen LogP contribution in [-0.2, 0) is 19.3 Å². The third-order valence-electron chi connectivity index (χ3n) is 3.42. The van der Waals surface area contributed by atoms with Crippen LogP contribution in [0.3, 0.4) is 0 Å². The van der Waals surface area contributed by atoms with Crippen LogP contribution in [0, 0.1) is 0 Å². The number of aliphatic imine (C=N–C) groups is 1. The van der Waals surface area contributed by atoms with Gasteiger partial charge in [0.25, 0.3) is 0 Å². The Morgan fingerprint density at radius 2 is 1.83 bits per heavy atom. The molecule has 0 amide bonds. The van der Waals surface area contributed by atoms with Crippen LogP contribution in [0.25, 0.3) is 0 Å². The average molecular weight is 479 g/mol. The number of guanidine groups is 1. The Hall–Kier alpha value is -0.860. The van der Waals surface area contributed by atoms with Gasteiger partial charge in [0.15, 0.2) is 5.96 Å². The Labute approximate surface area is 170 Å². The van der Waals surface area contributed by atoms with E-state index in [4.69, 9.17) is 11.6 Å². The van der Waals surface area contributed by atoms with Crippen LogP contribution in [0.2, 0.25) is 5.02 Å². The van der Waals surface area contributed by atoms with Gasteiger partial charge in [-0.3, -0.25) is 4.99 Å². The van der Waals surface area contributed by atoms with Crippen LogP contribution in [0.4, 0.5) is 0 Å². The van der Waals surface area contributed by atoms with Crippen LogP contribution in [-0.4, -0.2) is 31.1 Å². The maximum absolute atomic E-state index is 5.89. The maximum atomic E-state index is 5.89. The summed E-state index contributed by atoms with van der Waals surface area (Å²) in [5.41, 5.74) is 1.26. The van der Waals surface area contributed by atoms with Gasteiger partial charge in [-0.25, -0.2) is 4.98 Å². The van der Waals surface area contributed by atoms with E-state index < -0.39 is 0 Å². The lowest BCUT2D eigenvalue weighted by atomic mass is 10.1. The predicted molar refractivity (Wildman–Crippen MR) is 115 cm³/mol. The van der Waals surface area contributed by atoms with Gasteiger partial charge in [0.1, 0.15) is 0 Å². The molecule has 132 valence electrons. The van der Waals surface area contributed by atoms with Gasteiger partial charge in [-0.1, -0.05) is 30.7 Å². The lowest BCUT2D eigenvalue weighted by molar-refractivity contribution is 0.782. The number of aromatic nitrogens is 1. The summed E-state index contributed by atoms with van der Waals surface area (Å²) in [7, 11) is 1.79. The number of rotatable bonds is 7. The topological polar surface area (TPSA) is 49.3 Å². The normalized spacial score (nSPS) is 11.0. The molecule has 1 aromatic heterocycles. The van der Waals surface area contributed by atoms with E-state index in [2.05, 4.69) is 27.5 Å². The summed E-state index contributed by atoms with van der Waals surface area (Å²) in [6.45, 7) is 3.82. The quantitative estimate of drug-likeness (QED) is 0.360. The first-order valence-electron chi connectivity index (χ1n) is 7.83. The molecule has 0 radical (unpaired) electrons. The number of thiazole rings is 1. The van der Waals surface area contributed by atoms with Gasteiger partial charge in [0.2, 0.25) is 0 Å². The minimum absolute atomic E-state index is 0. The van der Waals surface area contributed by atoms with Crippen molar-refractivity contribution in [2.75, 3.05) is 20.1 Å². The van der Waals surface area contributed by atoms with Crippen molar-refractivity contribution in [2.45, 2.75) is 26.2 Å². The molecule has 7 heteroatoms. The Kier molecular flexibility index (Phi) is 10.3. The van der Waals surface area contributed by atoms with E-state index in [-0.39, 0.29) is 24.0 Å². The van der Waals surface area contributed by atoms with E-state index >= 15 is 0 Å². The average Bonchev–Trinajstić information content (AvgIpc) is 3.03. The minimum Gasteiger partial charge on any atom is -0.356 e. The smallest absolute Gasteiger partial charge is 0.191 e. The molecule has 1 heterocycles. The van der Waals surface area contributed by atoms with Crippen molar-refractivity contribution in [3.05, 3.63) is 50.9 Å². The zero-order chi connectivity index (χ0) is 16.5. The third kappa shape index (κ3) is 7.36. The number of hydrogen-bond acceptors (Lipinski definition) is 3. The fourth-order valence-corrected chi connectivity index (χ4v) is 3.10. The van der Waals surface area contributed by atoms with E-state index in [9.17, 15) is 0 Å². The Morgan fingerprint density at radius 3 is 2.42 bits per heavy atom. The molecule has 2 rings (SSSR count). The van der Waals surface area contributed by atoms with Crippen LogP contribution in [0.5, 0.6) is 0 Å². The van der Waals surface area contributed by atoms with E-state index in [1.165, 1.54) is 15.4 Å². The fraction of sp³-hybridized carbons (Fsp3) is 0.412. The van der Waals surface area contributed by atoms with Gasteiger partial charge < -0.3 is 10.6 Å². The molecule has 2 aromatic rings. The Balaban J connectivity index is 0.00000288. The SMILES string of the molecule is CCc1cnc(CCNC(=NC)NCCc2ccc(Cl)cc2)s1.I. The molecule has 2 N–H and O–H groups in total. The molecule has 0 aliphatic rings. The van der Waals surface area contributed by atoms with Crippen molar-refractivity contribution < 1.29 is 0 Å². The van der Waals surface area contributed by atoms with Gasteiger partial charge in [0.05, 0.1) is 5.01 Å².